The van der Waals surface area contributed by atoms with Crippen molar-refractivity contribution in [2.75, 3.05) is 23.9 Å². The number of pyridine rings is 1. The van der Waals surface area contributed by atoms with E-state index < -0.39 is 9.84 Å². The number of nitrogens with zero attached hydrogens (tertiary/aromatic N) is 5. The average molecular weight is 336 g/mol. The maximum Gasteiger partial charge on any atom is 0.321 e. The molecule has 3 heterocycles. The molecule has 1 fully saturated rings. The van der Waals surface area contributed by atoms with Gasteiger partial charge in [0.15, 0.2) is 15.7 Å². The van der Waals surface area contributed by atoms with Crippen LogP contribution in [0, 0.1) is 0 Å². The fourth-order valence-electron chi connectivity index (χ4n) is 2.38. The van der Waals surface area contributed by atoms with Gasteiger partial charge in [0.2, 0.25) is 0 Å². The van der Waals surface area contributed by atoms with Gasteiger partial charge in [-0.3, -0.25) is 0 Å². The van der Waals surface area contributed by atoms with Gasteiger partial charge in [0, 0.05) is 13.1 Å². The second-order valence-electron chi connectivity index (χ2n) is 5.34. The second kappa shape index (κ2) is 5.95. The van der Waals surface area contributed by atoms with Crippen LogP contribution in [-0.4, -0.2) is 63.7 Å². The molecule has 0 unspecified atom stereocenters. The molecule has 2 aromatic rings. The molecular weight excluding hydrogens is 320 g/mol. The van der Waals surface area contributed by atoms with Gasteiger partial charge >= 0.3 is 6.03 Å². The van der Waals surface area contributed by atoms with Gasteiger partial charge in [0.25, 0.3) is 0 Å². The summed E-state index contributed by atoms with van der Waals surface area (Å²) >= 11 is 0. The third-order valence-electron chi connectivity index (χ3n) is 3.73. The Morgan fingerprint density at radius 2 is 2.26 bits per heavy atom. The molecule has 9 nitrogen and oxygen atoms in total. The van der Waals surface area contributed by atoms with Crippen LogP contribution in [0.1, 0.15) is 6.42 Å². The molecule has 1 aliphatic rings. The summed E-state index contributed by atoms with van der Waals surface area (Å²) < 4.78 is 24.5. The molecule has 1 atom stereocenters. The van der Waals surface area contributed by atoms with Gasteiger partial charge < -0.3 is 10.2 Å². The Bertz CT molecular complexity index is 788. The number of nitrogens with one attached hydrogen (secondary N) is 1. The van der Waals surface area contributed by atoms with Crippen molar-refractivity contribution in [2.45, 2.75) is 12.5 Å². The Labute approximate surface area is 133 Å². The molecule has 0 radical (unpaired) electrons. The van der Waals surface area contributed by atoms with E-state index in [9.17, 15) is 13.2 Å². The summed E-state index contributed by atoms with van der Waals surface area (Å²) in [5, 5.41) is 6.66. The highest BCUT2D eigenvalue weighted by molar-refractivity contribution is 7.91. The zero-order valence-electron chi connectivity index (χ0n) is 12.5. The van der Waals surface area contributed by atoms with Crippen LogP contribution in [0.2, 0.25) is 0 Å². The lowest BCUT2D eigenvalue weighted by molar-refractivity contribution is 0.209. The molecule has 0 aliphatic carbocycles. The van der Waals surface area contributed by atoms with Crippen LogP contribution >= 0.6 is 0 Å². The first-order valence-electron chi connectivity index (χ1n) is 7.00. The van der Waals surface area contributed by atoms with Crippen LogP contribution in [0.5, 0.6) is 0 Å². The van der Waals surface area contributed by atoms with Gasteiger partial charge in [-0.15, -0.1) is 0 Å². The molecule has 1 N–H and O–H groups in total. The second-order valence-corrected chi connectivity index (χ2v) is 7.57. The quantitative estimate of drug-likeness (QED) is 0.864. The van der Waals surface area contributed by atoms with Crippen molar-refractivity contribution in [2.24, 2.45) is 0 Å². The Kier molecular flexibility index (Phi) is 3.99. The zero-order chi connectivity index (χ0) is 16.4. The summed E-state index contributed by atoms with van der Waals surface area (Å²) in [5.41, 5.74) is 0.520. The first-order chi connectivity index (χ1) is 10.9. The molecule has 0 aromatic carbocycles. The molecule has 0 spiro atoms. The Hall–Kier alpha value is -2.49. The van der Waals surface area contributed by atoms with Gasteiger partial charge in [-0.1, -0.05) is 0 Å². The third-order valence-corrected chi connectivity index (χ3v) is 5.48. The van der Waals surface area contributed by atoms with Crippen LogP contribution < -0.4 is 5.32 Å². The lowest BCUT2D eigenvalue weighted by Crippen LogP contribution is -2.40. The highest BCUT2D eigenvalue weighted by Gasteiger charge is 2.32. The van der Waals surface area contributed by atoms with Gasteiger partial charge in [0.1, 0.15) is 12.7 Å². The molecular formula is C13H16N6O3S. The van der Waals surface area contributed by atoms with Crippen LogP contribution in [0.25, 0.3) is 5.82 Å². The minimum Gasteiger partial charge on any atom is -0.324 e. The summed E-state index contributed by atoms with van der Waals surface area (Å²) in [6.07, 6.45) is 4.90. The van der Waals surface area contributed by atoms with Crippen molar-refractivity contribution >= 4 is 21.6 Å². The number of hydrogen-bond donors (Lipinski definition) is 1. The molecule has 3 rings (SSSR count). The SMILES string of the molecule is CN(C(=O)Nc1ccc(-n2cncn2)nc1)[C@H]1CCS(=O)(=O)C1. The maximum atomic E-state index is 12.2. The number of aromatic nitrogens is 4. The largest absolute Gasteiger partial charge is 0.324 e. The number of carbonyl (C=O) groups is 1. The van der Waals surface area contributed by atoms with Crippen molar-refractivity contribution in [1.29, 1.82) is 0 Å². The van der Waals surface area contributed by atoms with Crippen LogP contribution in [0.3, 0.4) is 0 Å². The summed E-state index contributed by atoms with van der Waals surface area (Å²) in [6, 6.07) is 2.75. The molecule has 23 heavy (non-hydrogen) atoms. The molecule has 0 bridgehead atoms. The fourth-order valence-corrected chi connectivity index (χ4v) is 4.15. The number of rotatable bonds is 3. The van der Waals surface area contributed by atoms with E-state index in [1.165, 1.54) is 28.4 Å². The van der Waals surface area contributed by atoms with Crippen molar-refractivity contribution < 1.29 is 13.2 Å². The van der Waals surface area contributed by atoms with E-state index in [0.29, 0.717) is 17.9 Å². The smallest absolute Gasteiger partial charge is 0.321 e. The topological polar surface area (TPSA) is 110 Å². The molecule has 1 saturated heterocycles. The molecule has 10 heteroatoms. The minimum absolute atomic E-state index is 0.0143. The van der Waals surface area contributed by atoms with E-state index >= 15 is 0 Å². The average Bonchev–Trinajstić information content (AvgIpc) is 3.16. The van der Waals surface area contributed by atoms with Crippen molar-refractivity contribution in [3.63, 3.8) is 0 Å². The number of sulfone groups is 1. The number of urea groups is 1. The van der Waals surface area contributed by atoms with Gasteiger partial charge in [0.05, 0.1) is 23.4 Å². The van der Waals surface area contributed by atoms with Crippen LogP contribution in [0.4, 0.5) is 10.5 Å². The lowest BCUT2D eigenvalue weighted by Gasteiger charge is -2.23. The molecule has 2 aromatic heterocycles. The number of hydrogen-bond acceptors (Lipinski definition) is 6. The molecule has 2 amide bonds. The van der Waals surface area contributed by atoms with E-state index in [4.69, 9.17) is 0 Å². The van der Waals surface area contributed by atoms with E-state index in [2.05, 4.69) is 20.4 Å². The maximum absolute atomic E-state index is 12.2. The summed E-state index contributed by atoms with van der Waals surface area (Å²) in [5.74, 6) is 0.722. The molecule has 122 valence electrons. The number of amides is 2. The molecule has 1 aliphatic heterocycles. The highest BCUT2D eigenvalue weighted by Crippen LogP contribution is 2.17. The van der Waals surface area contributed by atoms with E-state index in [0.717, 1.165) is 0 Å². The summed E-state index contributed by atoms with van der Waals surface area (Å²) in [4.78, 5) is 21.6. The fraction of sp³-hybridized carbons (Fsp3) is 0.385. The predicted octanol–water partition coefficient (Wildman–Crippen LogP) is 0.313. The van der Waals surface area contributed by atoms with Crippen molar-refractivity contribution in [3.8, 4) is 5.82 Å². The minimum atomic E-state index is -3.03. The monoisotopic (exact) mass is 336 g/mol. The van der Waals surface area contributed by atoms with E-state index in [1.54, 1.807) is 19.2 Å². The summed E-state index contributed by atoms with van der Waals surface area (Å²) in [7, 11) is -1.43. The van der Waals surface area contributed by atoms with Crippen molar-refractivity contribution in [1.82, 2.24) is 24.6 Å². The van der Waals surface area contributed by atoms with Gasteiger partial charge in [-0.05, 0) is 18.6 Å². The number of anilines is 1. The normalized spacial score (nSPS) is 19.4. The van der Waals surface area contributed by atoms with E-state index in [-0.39, 0.29) is 23.6 Å². The zero-order valence-corrected chi connectivity index (χ0v) is 13.3. The Morgan fingerprint density at radius 1 is 1.43 bits per heavy atom. The van der Waals surface area contributed by atoms with E-state index in [1.807, 2.05) is 0 Å². The lowest BCUT2D eigenvalue weighted by atomic mass is 10.2. The Morgan fingerprint density at radius 3 is 2.83 bits per heavy atom. The molecule has 0 saturated carbocycles. The standard InChI is InChI=1S/C13H16N6O3S/c1-18(11-4-5-23(21,22)7-11)13(20)17-10-2-3-12(15-6-10)19-9-14-8-16-19/h2-3,6,8-9,11H,4-5,7H2,1H3,(H,17,20)/t11-/m0/s1. The van der Waals surface area contributed by atoms with Gasteiger partial charge in [-0.25, -0.2) is 27.9 Å². The van der Waals surface area contributed by atoms with Crippen LogP contribution in [0.15, 0.2) is 31.0 Å². The van der Waals surface area contributed by atoms with Gasteiger partial charge in [-0.2, -0.15) is 5.10 Å². The predicted molar refractivity (Wildman–Crippen MR) is 83.0 cm³/mol. The Balaban J connectivity index is 1.64. The van der Waals surface area contributed by atoms with Crippen molar-refractivity contribution in [3.05, 3.63) is 31.0 Å². The third kappa shape index (κ3) is 3.47. The first kappa shape index (κ1) is 15.4. The first-order valence-corrected chi connectivity index (χ1v) is 8.82. The highest BCUT2D eigenvalue weighted by atomic mass is 32.2. The van der Waals surface area contributed by atoms with Crippen LogP contribution in [-0.2, 0) is 9.84 Å². The summed E-state index contributed by atoms with van der Waals surface area (Å²) in [6.45, 7) is 0. The number of carbonyl (C=O) groups excluding carboxylic acids is 1.